The van der Waals surface area contributed by atoms with E-state index >= 15 is 0 Å². The third-order valence-electron chi connectivity index (χ3n) is 2.71. The molecular weight excluding hydrogens is 188 g/mol. The molecule has 78 valence electrons. The van der Waals surface area contributed by atoms with Crippen molar-refractivity contribution < 1.29 is 8.42 Å². The van der Waals surface area contributed by atoms with Gasteiger partial charge in [-0.3, -0.25) is 0 Å². The summed E-state index contributed by atoms with van der Waals surface area (Å²) in [7, 11) is -3.52. The molecule has 1 aliphatic rings. The van der Waals surface area contributed by atoms with Gasteiger partial charge >= 0.3 is 0 Å². The van der Waals surface area contributed by atoms with Crippen molar-refractivity contribution in [1.82, 2.24) is 4.72 Å². The lowest BCUT2D eigenvalue weighted by Gasteiger charge is -2.27. The molecule has 1 atom stereocenters. The molecule has 1 rings (SSSR count). The Morgan fingerprint density at radius 2 is 1.85 bits per heavy atom. The van der Waals surface area contributed by atoms with Crippen LogP contribution in [0.1, 0.15) is 39.0 Å². The number of nitrogens with two attached hydrogens (primary N) is 1. The summed E-state index contributed by atoms with van der Waals surface area (Å²) in [6.07, 6.45) is 5.93. The highest BCUT2D eigenvalue weighted by atomic mass is 32.2. The Morgan fingerprint density at radius 3 is 2.31 bits per heavy atom. The Kier molecular flexibility index (Phi) is 3.70. The fourth-order valence-electron chi connectivity index (χ4n) is 1.99. The lowest BCUT2D eigenvalue weighted by Crippen LogP contribution is -2.42. The Balaban J connectivity index is 2.42. The smallest absolute Gasteiger partial charge is 0.216 e. The summed E-state index contributed by atoms with van der Waals surface area (Å²) in [5, 5.41) is 4.90. The van der Waals surface area contributed by atoms with Gasteiger partial charge in [-0.05, 0) is 25.7 Å². The first kappa shape index (κ1) is 10.9. The monoisotopic (exact) mass is 206 g/mol. The number of hydrogen-bond acceptors (Lipinski definition) is 2. The van der Waals surface area contributed by atoms with E-state index in [0.29, 0.717) is 5.92 Å². The van der Waals surface area contributed by atoms with Crippen LogP contribution in [-0.2, 0) is 10.2 Å². The highest BCUT2D eigenvalue weighted by Gasteiger charge is 2.22. The van der Waals surface area contributed by atoms with Crippen LogP contribution in [0.3, 0.4) is 0 Å². The molecule has 0 heterocycles. The summed E-state index contributed by atoms with van der Waals surface area (Å²) in [5.41, 5.74) is 0. The van der Waals surface area contributed by atoms with Gasteiger partial charge in [0, 0.05) is 6.04 Å². The second kappa shape index (κ2) is 4.39. The van der Waals surface area contributed by atoms with E-state index < -0.39 is 10.2 Å². The molecule has 1 fully saturated rings. The molecule has 5 heteroatoms. The average Bonchev–Trinajstić information content (AvgIpc) is 2.03. The van der Waals surface area contributed by atoms with E-state index in [-0.39, 0.29) is 6.04 Å². The van der Waals surface area contributed by atoms with Gasteiger partial charge in [0.2, 0.25) is 0 Å². The summed E-state index contributed by atoms with van der Waals surface area (Å²) < 4.78 is 23.9. The van der Waals surface area contributed by atoms with Gasteiger partial charge in [0.15, 0.2) is 0 Å². The van der Waals surface area contributed by atoms with E-state index in [1.807, 2.05) is 6.92 Å². The molecule has 0 aromatic heterocycles. The highest BCUT2D eigenvalue weighted by molar-refractivity contribution is 7.87. The molecular formula is C8H18N2O2S. The lowest BCUT2D eigenvalue weighted by molar-refractivity contribution is 0.303. The van der Waals surface area contributed by atoms with Crippen molar-refractivity contribution in [3.63, 3.8) is 0 Å². The Labute approximate surface area is 80.1 Å². The van der Waals surface area contributed by atoms with Crippen LogP contribution in [0.25, 0.3) is 0 Å². The molecule has 1 saturated carbocycles. The molecule has 0 aromatic rings. The fraction of sp³-hybridized carbons (Fsp3) is 1.00. The van der Waals surface area contributed by atoms with Crippen LogP contribution in [0.4, 0.5) is 0 Å². The first-order valence-corrected chi connectivity index (χ1v) is 6.34. The van der Waals surface area contributed by atoms with Crippen LogP contribution in [0.15, 0.2) is 0 Å². The Morgan fingerprint density at radius 1 is 1.31 bits per heavy atom. The lowest BCUT2D eigenvalue weighted by atomic mass is 9.85. The van der Waals surface area contributed by atoms with Crippen LogP contribution in [0, 0.1) is 5.92 Å². The highest BCUT2D eigenvalue weighted by Crippen LogP contribution is 2.26. The van der Waals surface area contributed by atoms with Crippen molar-refractivity contribution in [1.29, 1.82) is 0 Å². The first-order chi connectivity index (χ1) is 5.99. The quantitative estimate of drug-likeness (QED) is 0.715. The van der Waals surface area contributed by atoms with Gasteiger partial charge in [0.1, 0.15) is 0 Å². The third-order valence-corrected chi connectivity index (χ3v) is 3.41. The molecule has 0 spiro atoms. The van der Waals surface area contributed by atoms with E-state index in [1.54, 1.807) is 0 Å². The minimum Gasteiger partial charge on any atom is -0.216 e. The van der Waals surface area contributed by atoms with Gasteiger partial charge < -0.3 is 0 Å². The van der Waals surface area contributed by atoms with Crippen molar-refractivity contribution in [2.24, 2.45) is 11.1 Å². The van der Waals surface area contributed by atoms with E-state index in [2.05, 4.69) is 4.72 Å². The molecule has 0 aliphatic heterocycles. The first-order valence-electron chi connectivity index (χ1n) is 4.79. The van der Waals surface area contributed by atoms with Crippen molar-refractivity contribution in [3.05, 3.63) is 0 Å². The minimum atomic E-state index is -3.52. The summed E-state index contributed by atoms with van der Waals surface area (Å²) in [6, 6.07) is -0.0182. The van der Waals surface area contributed by atoms with Gasteiger partial charge in [0.05, 0.1) is 0 Å². The Bertz CT molecular complexity index is 245. The summed E-state index contributed by atoms with van der Waals surface area (Å²) in [6.45, 7) is 1.89. The molecule has 0 amide bonds. The molecule has 3 N–H and O–H groups in total. The van der Waals surface area contributed by atoms with Gasteiger partial charge in [-0.15, -0.1) is 0 Å². The molecule has 13 heavy (non-hydrogen) atoms. The van der Waals surface area contributed by atoms with E-state index in [9.17, 15) is 8.42 Å². The molecule has 4 nitrogen and oxygen atoms in total. The molecule has 1 aliphatic carbocycles. The normalized spacial score (nSPS) is 22.9. The van der Waals surface area contributed by atoms with Gasteiger partial charge in [-0.25, -0.2) is 5.14 Å². The molecule has 0 bridgehead atoms. The maximum absolute atomic E-state index is 10.8. The van der Waals surface area contributed by atoms with Gasteiger partial charge in [-0.2, -0.15) is 13.1 Å². The van der Waals surface area contributed by atoms with Crippen molar-refractivity contribution >= 4 is 10.2 Å². The molecule has 0 aromatic carbocycles. The third kappa shape index (κ3) is 4.06. The second-order valence-corrected chi connectivity index (χ2v) is 5.18. The molecule has 0 saturated heterocycles. The summed E-state index contributed by atoms with van der Waals surface area (Å²) in [4.78, 5) is 0. The zero-order valence-corrected chi connectivity index (χ0v) is 8.81. The standard InChI is InChI=1S/C8H18N2O2S/c1-7(10-13(9,11)12)8-5-3-2-4-6-8/h7-8,10H,2-6H2,1H3,(H2,9,11,12)/t7-/m1/s1. The maximum Gasteiger partial charge on any atom is 0.274 e. The Hall–Kier alpha value is -0.130. The van der Waals surface area contributed by atoms with E-state index in [4.69, 9.17) is 5.14 Å². The average molecular weight is 206 g/mol. The number of hydrogen-bond donors (Lipinski definition) is 2. The van der Waals surface area contributed by atoms with Crippen molar-refractivity contribution in [2.75, 3.05) is 0 Å². The van der Waals surface area contributed by atoms with Crippen LogP contribution in [-0.4, -0.2) is 14.5 Å². The number of rotatable bonds is 3. The van der Waals surface area contributed by atoms with Crippen molar-refractivity contribution in [3.8, 4) is 0 Å². The largest absolute Gasteiger partial charge is 0.274 e. The summed E-state index contributed by atoms with van der Waals surface area (Å²) >= 11 is 0. The zero-order valence-electron chi connectivity index (χ0n) is 7.99. The number of nitrogens with one attached hydrogen (secondary N) is 1. The fourth-order valence-corrected chi connectivity index (χ4v) is 2.70. The SMILES string of the molecule is C[C@@H](NS(N)(=O)=O)C1CCCCC1. The summed E-state index contributed by atoms with van der Waals surface area (Å²) in [5.74, 6) is 0.465. The zero-order chi connectivity index (χ0) is 9.90. The van der Waals surface area contributed by atoms with Crippen molar-refractivity contribution in [2.45, 2.75) is 45.1 Å². The molecule has 0 unspecified atom stereocenters. The topological polar surface area (TPSA) is 72.2 Å². The van der Waals surface area contributed by atoms with Gasteiger partial charge in [0.25, 0.3) is 10.2 Å². The van der Waals surface area contributed by atoms with Crippen LogP contribution >= 0.6 is 0 Å². The predicted molar refractivity (Wildman–Crippen MR) is 52.3 cm³/mol. The van der Waals surface area contributed by atoms with Crippen LogP contribution in [0.5, 0.6) is 0 Å². The van der Waals surface area contributed by atoms with E-state index in [0.717, 1.165) is 12.8 Å². The maximum atomic E-state index is 10.8. The van der Waals surface area contributed by atoms with Crippen LogP contribution < -0.4 is 9.86 Å². The second-order valence-electron chi connectivity index (χ2n) is 3.85. The van der Waals surface area contributed by atoms with Gasteiger partial charge in [-0.1, -0.05) is 19.3 Å². The predicted octanol–water partition coefficient (Wildman–Crippen LogP) is 0.748. The van der Waals surface area contributed by atoms with Crippen LogP contribution in [0.2, 0.25) is 0 Å². The molecule has 0 radical (unpaired) electrons. The minimum absolute atomic E-state index is 0.0182. The van der Waals surface area contributed by atoms with E-state index in [1.165, 1.54) is 19.3 Å².